The maximum Gasteiger partial charge on any atom is 0.122 e. The average molecular weight is 757 g/mol. The van der Waals surface area contributed by atoms with E-state index < -0.39 is 0 Å². The van der Waals surface area contributed by atoms with E-state index in [1.165, 1.54) is 55.6 Å². The van der Waals surface area contributed by atoms with Crippen LogP contribution in [0, 0.1) is 34.6 Å². The lowest BCUT2D eigenvalue weighted by atomic mass is 9.90. The van der Waals surface area contributed by atoms with Crippen molar-refractivity contribution in [1.29, 1.82) is 0 Å². The van der Waals surface area contributed by atoms with E-state index in [4.69, 9.17) is 28.4 Å². The monoisotopic (exact) mass is 756 g/mol. The van der Waals surface area contributed by atoms with Gasteiger partial charge in [-0.25, -0.2) is 0 Å². The van der Waals surface area contributed by atoms with Gasteiger partial charge in [-0.3, -0.25) is 0 Å². The summed E-state index contributed by atoms with van der Waals surface area (Å²) in [4.78, 5) is 0. The molecule has 1 atom stereocenters. The van der Waals surface area contributed by atoms with Crippen molar-refractivity contribution in [3.05, 3.63) is 145 Å². The number of benzene rings is 5. The highest BCUT2D eigenvalue weighted by molar-refractivity contribution is 5.53. The van der Waals surface area contributed by atoms with Crippen LogP contribution in [0.3, 0.4) is 0 Å². The fraction of sp³-hybridized carbons (Fsp3) is 0.400. The summed E-state index contributed by atoms with van der Waals surface area (Å²) >= 11 is 0. The minimum atomic E-state index is 0.175. The van der Waals surface area contributed by atoms with Gasteiger partial charge < -0.3 is 28.4 Å². The number of rotatable bonds is 19. The van der Waals surface area contributed by atoms with Crippen molar-refractivity contribution >= 4 is 0 Å². The number of hydrogen-bond donors (Lipinski definition) is 0. The highest BCUT2D eigenvalue weighted by Crippen LogP contribution is 2.35. The van der Waals surface area contributed by atoms with Crippen molar-refractivity contribution in [2.45, 2.75) is 94.1 Å². The topological polar surface area (TPSA) is 58.7 Å². The molecule has 1 saturated heterocycles. The average Bonchev–Trinajstić information content (AvgIpc) is 4.01. The molecular weight excluding hydrogens is 697 g/mol. The van der Waals surface area contributed by atoms with E-state index in [2.05, 4.69) is 114 Å². The van der Waals surface area contributed by atoms with Crippen molar-refractivity contribution in [2.24, 2.45) is 0 Å². The minimum Gasteiger partial charge on any atom is -0.494 e. The first kappa shape index (κ1) is 40.7. The van der Waals surface area contributed by atoms with E-state index in [-0.39, 0.29) is 6.10 Å². The summed E-state index contributed by atoms with van der Waals surface area (Å²) in [5.41, 5.74) is 15.7. The van der Waals surface area contributed by atoms with Crippen molar-refractivity contribution in [2.75, 3.05) is 39.6 Å². The fourth-order valence-electron chi connectivity index (χ4n) is 7.50. The van der Waals surface area contributed by atoms with Crippen molar-refractivity contribution < 1.29 is 28.4 Å². The molecule has 6 rings (SSSR count). The maximum absolute atomic E-state index is 6.42. The molecule has 5 aromatic carbocycles. The Morgan fingerprint density at radius 2 is 0.857 bits per heavy atom. The highest BCUT2D eigenvalue weighted by atomic mass is 16.6. The van der Waals surface area contributed by atoms with Crippen LogP contribution in [0.15, 0.2) is 72.8 Å². The predicted octanol–water partition coefficient (Wildman–Crippen LogP) is 11.0. The van der Waals surface area contributed by atoms with Crippen molar-refractivity contribution in [3.8, 4) is 28.7 Å². The molecule has 296 valence electrons. The van der Waals surface area contributed by atoms with Gasteiger partial charge in [-0.05, 0) is 191 Å². The lowest BCUT2D eigenvalue weighted by Gasteiger charge is -2.19. The minimum absolute atomic E-state index is 0.175. The Kier molecular flexibility index (Phi) is 13.7. The van der Waals surface area contributed by atoms with E-state index >= 15 is 0 Å². The summed E-state index contributed by atoms with van der Waals surface area (Å²) in [7, 11) is 0. The Bertz CT molecular complexity index is 2130. The molecular formula is C50H60O6. The SMILES string of the molecule is CCOc1cc(Cc2cc(Cc3cc(Cc4cc(Cc5cccc(OCC)c5C)cc(OCC)c4C)cc(OCC)c3C)cc(OCC3CO3)c2C)ccc1C. The molecule has 6 nitrogen and oxygen atoms in total. The Balaban J connectivity index is 1.35. The molecule has 1 fully saturated rings. The van der Waals surface area contributed by atoms with E-state index in [0.29, 0.717) is 33.0 Å². The zero-order chi connectivity index (χ0) is 39.8. The van der Waals surface area contributed by atoms with Crippen LogP contribution in [0.2, 0.25) is 0 Å². The van der Waals surface area contributed by atoms with Gasteiger partial charge in [0.25, 0.3) is 0 Å². The summed E-state index contributed by atoms with van der Waals surface area (Å²) < 4.78 is 36.3. The normalized spacial score (nSPS) is 13.4. The molecule has 1 heterocycles. The second kappa shape index (κ2) is 18.8. The lowest BCUT2D eigenvalue weighted by molar-refractivity contribution is 0.261. The van der Waals surface area contributed by atoms with E-state index in [1.54, 1.807) is 0 Å². The van der Waals surface area contributed by atoms with Crippen molar-refractivity contribution in [3.63, 3.8) is 0 Å². The fourth-order valence-corrected chi connectivity index (χ4v) is 7.50. The van der Waals surface area contributed by atoms with Gasteiger partial charge in [0.2, 0.25) is 0 Å². The molecule has 1 aliphatic rings. The smallest absolute Gasteiger partial charge is 0.122 e. The van der Waals surface area contributed by atoms with Crippen LogP contribution in [-0.2, 0) is 30.4 Å². The van der Waals surface area contributed by atoms with Crippen LogP contribution in [0.25, 0.3) is 0 Å². The Labute approximate surface area is 335 Å². The van der Waals surface area contributed by atoms with Gasteiger partial charge in [0, 0.05) is 0 Å². The third-order valence-corrected chi connectivity index (χ3v) is 10.8. The molecule has 0 spiro atoms. The second-order valence-electron chi connectivity index (χ2n) is 15.0. The molecule has 1 aliphatic heterocycles. The highest BCUT2D eigenvalue weighted by Gasteiger charge is 2.24. The first-order chi connectivity index (χ1) is 27.1. The zero-order valence-electron chi connectivity index (χ0n) is 35.0. The zero-order valence-corrected chi connectivity index (χ0v) is 35.0. The Morgan fingerprint density at radius 1 is 0.446 bits per heavy atom. The molecule has 1 unspecified atom stereocenters. The van der Waals surface area contributed by atoms with E-state index in [1.807, 2.05) is 20.8 Å². The van der Waals surface area contributed by atoms with E-state index in [9.17, 15) is 0 Å². The first-order valence-corrected chi connectivity index (χ1v) is 20.4. The van der Waals surface area contributed by atoms with Crippen LogP contribution < -0.4 is 23.7 Å². The molecule has 0 bridgehead atoms. The molecule has 0 N–H and O–H groups in total. The van der Waals surface area contributed by atoms with Gasteiger partial charge in [0.15, 0.2) is 0 Å². The van der Waals surface area contributed by atoms with Gasteiger partial charge in [0.05, 0.1) is 33.0 Å². The molecule has 0 amide bonds. The van der Waals surface area contributed by atoms with Gasteiger partial charge in [-0.15, -0.1) is 0 Å². The third kappa shape index (κ3) is 10.1. The summed E-state index contributed by atoms with van der Waals surface area (Å²) in [5.74, 6) is 4.67. The van der Waals surface area contributed by atoms with Crippen LogP contribution in [0.5, 0.6) is 28.7 Å². The quantitative estimate of drug-likeness (QED) is 0.0782. The first-order valence-electron chi connectivity index (χ1n) is 20.4. The van der Waals surface area contributed by atoms with Crippen LogP contribution >= 0.6 is 0 Å². The molecule has 0 aromatic heterocycles. The third-order valence-electron chi connectivity index (χ3n) is 10.8. The lowest BCUT2D eigenvalue weighted by Crippen LogP contribution is -2.08. The number of epoxide rings is 1. The molecule has 6 heteroatoms. The second-order valence-corrected chi connectivity index (χ2v) is 15.0. The maximum atomic E-state index is 6.42. The molecule has 0 saturated carbocycles. The Hall–Kier alpha value is -4.94. The van der Waals surface area contributed by atoms with E-state index in [0.717, 1.165) is 77.7 Å². The summed E-state index contributed by atoms with van der Waals surface area (Å²) in [6, 6.07) is 26.6. The van der Waals surface area contributed by atoms with Gasteiger partial charge in [-0.2, -0.15) is 0 Å². The van der Waals surface area contributed by atoms with Crippen LogP contribution in [0.1, 0.15) is 100 Å². The Morgan fingerprint density at radius 3 is 1.36 bits per heavy atom. The van der Waals surface area contributed by atoms with Crippen molar-refractivity contribution in [1.82, 2.24) is 0 Å². The molecule has 5 aromatic rings. The standard InChI is InChI=1S/C50H60O6/c1-10-51-46-16-14-15-41(33(46)6)20-38-21-43(34(7)48(27-38)53-12-3)23-39-24-44(35(8)49(28-39)54-13-4)25-40-22-42(36(9)50(29-40)56-31-45-30-55-45)19-37-18-17-32(5)47(26-37)52-11-2/h14-18,21-22,24,26-29,45H,10-13,19-20,23,25,30-31H2,1-9H3. The number of ether oxygens (including phenoxy) is 6. The summed E-state index contributed by atoms with van der Waals surface area (Å²) in [5, 5.41) is 0. The number of hydrogen-bond acceptors (Lipinski definition) is 6. The van der Waals surface area contributed by atoms with Gasteiger partial charge in [0.1, 0.15) is 41.5 Å². The summed E-state index contributed by atoms with van der Waals surface area (Å²) in [6.45, 7) is 22.8. The van der Waals surface area contributed by atoms with Gasteiger partial charge in [-0.1, -0.05) is 42.5 Å². The molecule has 0 aliphatic carbocycles. The summed E-state index contributed by atoms with van der Waals surface area (Å²) in [6.07, 6.45) is 3.27. The largest absolute Gasteiger partial charge is 0.494 e. The molecule has 56 heavy (non-hydrogen) atoms. The number of aryl methyl sites for hydroxylation is 1. The van der Waals surface area contributed by atoms with Gasteiger partial charge >= 0.3 is 0 Å². The van der Waals surface area contributed by atoms with Crippen LogP contribution in [-0.4, -0.2) is 45.7 Å². The predicted molar refractivity (Wildman–Crippen MR) is 227 cm³/mol. The van der Waals surface area contributed by atoms with Crippen LogP contribution in [0.4, 0.5) is 0 Å². The molecule has 0 radical (unpaired) electrons.